The summed E-state index contributed by atoms with van der Waals surface area (Å²) in [5, 5.41) is 22.7. The smallest absolute Gasteiger partial charge is 0.158 e. The predicted molar refractivity (Wildman–Crippen MR) is 406 cm³/mol. The van der Waals surface area contributed by atoms with Crippen molar-refractivity contribution in [3.05, 3.63) is 244 Å². The number of para-hydroxylation sites is 2. The number of nitrogens with zero attached hydrogens (tertiary/aromatic N) is 2. The number of phenols is 1. The van der Waals surface area contributed by atoms with E-state index in [0.29, 0.717) is 29.4 Å². The van der Waals surface area contributed by atoms with E-state index >= 15 is 0 Å². The number of furan rings is 1. The Morgan fingerprint density at radius 2 is 1.00 bits per heavy atom. The molecule has 17 rings (SSSR count). The van der Waals surface area contributed by atoms with Crippen molar-refractivity contribution in [1.29, 1.82) is 0 Å². The molecule has 96 heavy (non-hydrogen) atoms. The second-order valence-corrected chi connectivity index (χ2v) is 29.6. The maximum atomic E-state index is 13.5. The van der Waals surface area contributed by atoms with Crippen LogP contribution in [0.2, 0.25) is 0 Å². The third-order valence-corrected chi connectivity index (χ3v) is 24.2. The Kier molecular flexibility index (Phi) is 16.8. The topological polar surface area (TPSA) is 39.9 Å². The molecule has 0 amide bonds. The van der Waals surface area contributed by atoms with Gasteiger partial charge in [0.25, 0.3) is 0 Å². The lowest BCUT2D eigenvalue weighted by Gasteiger charge is -2.37. The third kappa shape index (κ3) is 11.0. The number of rotatable bonds is 15. The van der Waals surface area contributed by atoms with E-state index in [1.165, 1.54) is 239 Å². The second kappa shape index (κ2) is 26.4. The molecular formula is C92H94N2O2. The summed E-state index contributed by atoms with van der Waals surface area (Å²) in [4.78, 5) is 5.23. The Morgan fingerprint density at radius 1 is 0.438 bits per heavy atom. The molecule has 0 aliphatic heterocycles. The summed E-state index contributed by atoms with van der Waals surface area (Å²) in [5.74, 6) is 3.59. The first-order valence-corrected chi connectivity index (χ1v) is 37.6. The molecule has 1 aromatic heterocycles. The van der Waals surface area contributed by atoms with Crippen LogP contribution in [0.15, 0.2) is 204 Å². The van der Waals surface area contributed by atoms with Crippen LogP contribution in [0, 0.1) is 5.92 Å². The SMILES string of the molecule is CCc1ccccc1-c1cccc(-c2cccc(N(c3cc(C4CCCCC4)c4ccc5c(N(c6ccc(C7CCCCC7)cc6)c6cccc7c8c(oc67)C(c6ccccc6CC)CC=C8)cc(C6CCCCC6)c6ccc3c4c65)C3C=CC(C4CCCCC4)=CC3)c2O)c1. The van der Waals surface area contributed by atoms with E-state index in [0.717, 1.165) is 59.5 Å². The molecule has 4 fully saturated rings. The minimum atomic E-state index is -0.0381. The number of hydrogen-bond donors (Lipinski definition) is 1. The van der Waals surface area contributed by atoms with Gasteiger partial charge in [0.05, 0.1) is 28.8 Å². The molecular weight excluding hydrogens is 1170 g/mol. The van der Waals surface area contributed by atoms with Crippen LogP contribution in [0.3, 0.4) is 0 Å². The number of allylic oxidation sites excluding steroid dienone is 3. The van der Waals surface area contributed by atoms with Gasteiger partial charge in [-0.25, -0.2) is 0 Å². The number of hydrogen-bond acceptors (Lipinski definition) is 4. The molecule has 0 saturated heterocycles. The first-order chi connectivity index (χ1) is 47.5. The third-order valence-electron chi connectivity index (χ3n) is 24.2. The number of phenolic OH excluding ortho intramolecular Hbond substituents is 1. The highest BCUT2D eigenvalue weighted by Gasteiger charge is 2.35. The molecule has 10 aromatic carbocycles. The zero-order valence-electron chi connectivity index (χ0n) is 56.7. The average Bonchev–Trinajstić information content (AvgIpc) is 0.823. The van der Waals surface area contributed by atoms with Crippen LogP contribution >= 0.6 is 0 Å². The van der Waals surface area contributed by atoms with Gasteiger partial charge in [-0.1, -0.05) is 249 Å². The summed E-state index contributed by atoms with van der Waals surface area (Å²) in [6, 6.07) is 65.5. The molecule has 4 nitrogen and oxygen atoms in total. The second-order valence-electron chi connectivity index (χ2n) is 29.6. The molecule has 2 unspecified atom stereocenters. The van der Waals surface area contributed by atoms with Crippen LogP contribution in [0.25, 0.3) is 71.6 Å². The lowest BCUT2D eigenvalue weighted by molar-refractivity contribution is 0.406. The molecule has 1 heterocycles. The molecule has 0 bridgehead atoms. The number of anilines is 5. The van der Waals surface area contributed by atoms with Gasteiger partial charge in [-0.05, 0) is 220 Å². The van der Waals surface area contributed by atoms with Crippen LogP contribution in [0.5, 0.6) is 5.75 Å². The first-order valence-electron chi connectivity index (χ1n) is 37.6. The van der Waals surface area contributed by atoms with Crippen LogP contribution in [0.1, 0.15) is 223 Å². The highest BCUT2D eigenvalue weighted by molar-refractivity contribution is 6.29. The zero-order valence-corrected chi connectivity index (χ0v) is 56.7. The number of aryl methyl sites for hydroxylation is 2. The van der Waals surface area contributed by atoms with Crippen molar-refractivity contribution in [3.63, 3.8) is 0 Å². The Balaban J connectivity index is 0.917. The summed E-state index contributed by atoms with van der Waals surface area (Å²) in [7, 11) is 0. The van der Waals surface area contributed by atoms with Gasteiger partial charge in [-0.2, -0.15) is 0 Å². The highest BCUT2D eigenvalue weighted by Crippen LogP contribution is 2.56. The van der Waals surface area contributed by atoms with Crippen molar-refractivity contribution in [2.75, 3.05) is 9.80 Å². The van der Waals surface area contributed by atoms with Crippen molar-refractivity contribution < 1.29 is 9.52 Å². The Hall–Kier alpha value is -8.60. The minimum Gasteiger partial charge on any atom is -0.505 e. The van der Waals surface area contributed by atoms with E-state index in [1.54, 1.807) is 0 Å². The summed E-state index contributed by atoms with van der Waals surface area (Å²) in [5.41, 5.74) is 22.0. The van der Waals surface area contributed by atoms with Gasteiger partial charge in [0, 0.05) is 38.9 Å². The lowest BCUT2D eigenvalue weighted by Crippen LogP contribution is -2.31. The molecule has 1 N–H and O–H groups in total. The molecule has 2 atom stereocenters. The van der Waals surface area contributed by atoms with Crippen molar-refractivity contribution >= 4 is 77.8 Å². The fourth-order valence-corrected chi connectivity index (χ4v) is 19.2. The van der Waals surface area contributed by atoms with E-state index in [1.807, 2.05) is 0 Å². The van der Waals surface area contributed by atoms with E-state index in [2.05, 4.69) is 224 Å². The van der Waals surface area contributed by atoms with E-state index in [4.69, 9.17) is 4.42 Å². The lowest BCUT2D eigenvalue weighted by atomic mass is 9.77. The number of aromatic hydroxyl groups is 1. The molecule has 0 radical (unpaired) electrons. The van der Waals surface area contributed by atoms with Crippen molar-refractivity contribution in [2.45, 2.75) is 198 Å². The van der Waals surface area contributed by atoms with Gasteiger partial charge >= 0.3 is 0 Å². The van der Waals surface area contributed by atoms with E-state index < -0.39 is 0 Å². The average molecular weight is 1260 g/mol. The summed E-state index contributed by atoms with van der Waals surface area (Å²) in [6.45, 7) is 4.53. The van der Waals surface area contributed by atoms with Crippen molar-refractivity contribution in [2.24, 2.45) is 5.92 Å². The first kappa shape index (κ1) is 61.0. The van der Waals surface area contributed by atoms with E-state index in [9.17, 15) is 5.11 Å². The Morgan fingerprint density at radius 3 is 1.67 bits per heavy atom. The standard InChI is InChI=1S/C92H94N2O2/c1-3-60-25-17-19-37-72(60)68-35-21-36-69(57-68)74-39-23-43-84(90(74)95)93(70-49-45-64(46-50-70)62-27-9-5-10-28-62)86-58-82(66-31-13-7-14-32-66)75-54-56-81-87(59-83(67-33-15-8-16-34-67)76-53-55-80(86)88(75)89(76)81)94(71-51-47-65(48-52-71)63-29-11-6-12-30-63)85-44-24-42-79-78-41-22-40-77(91(78)96-92(79)85)73-38-20-18-26-61(73)4-2/h17-26,35-39,41-49,51-59,62-63,66-67,70,77,95H,3-16,27-34,40,50H2,1-2H3. The summed E-state index contributed by atoms with van der Waals surface area (Å²) < 4.78 is 7.62. The highest BCUT2D eigenvalue weighted by atomic mass is 16.3. The van der Waals surface area contributed by atoms with Crippen LogP contribution in [0.4, 0.5) is 28.4 Å². The molecule has 484 valence electrons. The van der Waals surface area contributed by atoms with Crippen molar-refractivity contribution in [1.82, 2.24) is 0 Å². The van der Waals surface area contributed by atoms with Crippen LogP contribution in [-0.2, 0) is 12.8 Å². The number of benzene rings is 10. The van der Waals surface area contributed by atoms with Gasteiger partial charge in [0.1, 0.15) is 11.5 Å². The van der Waals surface area contributed by atoms with Gasteiger partial charge in [-0.15, -0.1) is 0 Å². The summed E-state index contributed by atoms with van der Waals surface area (Å²) in [6.07, 6.45) is 41.3. The maximum absolute atomic E-state index is 13.5. The Bertz CT molecular complexity index is 4760. The van der Waals surface area contributed by atoms with Gasteiger partial charge in [-0.3, -0.25) is 0 Å². The molecule has 11 aromatic rings. The van der Waals surface area contributed by atoms with E-state index in [-0.39, 0.29) is 12.0 Å². The van der Waals surface area contributed by atoms with Gasteiger partial charge < -0.3 is 19.3 Å². The van der Waals surface area contributed by atoms with Crippen LogP contribution < -0.4 is 9.80 Å². The van der Waals surface area contributed by atoms with Gasteiger partial charge in [0.15, 0.2) is 5.58 Å². The summed E-state index contributed by atoms with van der Waals surface area (Å²) >= 11 is 0. The molecule has 6 aliphatic carbocycles. The molecule has 6 aliphatic rings. The van der Waals surface area contributed by atoms with Gasteiger partial charge in [0.2, 0.25) is 0 Å². The number of fused-ring (bicyclic) bond motifs is 3. The van der Waals surface area contributed by atoms with Crippen molar-refractivity contribution in [3.8, 4) is 28.0 Å². The normalized spacial score (nSPS) is 19.2. The zero-order chi connectivity index (χ0) is 64.2. The fraction of sp³-hybridized carbons (Fsp3) is 0.348. The minimum absolute atomic E-state index is 0.0381. The quantitative estimate of drug-likeness (QED) is 0.104. The monoisotopic (exact) mass is 1260 g/mol. The predicted octanol–water partition coefficient (Wildman–Crippen LogP) is 26.6. The Labute approximate surface area is 569 Å². The largest absolute Gasteiger partial charge is 0.505 e. The molecule has 4 saturated carbocycles. The molecule has 4 heteroatoms. The fourth-order valence-electron chi connectivity index (χ4n) is 19.2. The maximum Gasteiger partial charge on any atom is 0.158 e. The molecule has 0 spiro atoms. The van der Waals surface area contributed by atoms with Crippen LogP contribution in [-0.4, -0.2) is 11.1 Å².